The van der Waals surface area contributed by atoms with E-state index in [2.05, 4.69) is 34.6 Å². The first-order valence-corrected chi connectivity index (χ1v) is 3.00. The molecule has 0 rings (SSSR count). The van der Waals surface area contributed by atoms with E-state index >= 15 is 0 Å². The minimum Gasteiger partial charge on any atom is -0.219 e. The van der Waals surface area contributed by atoms with Gasteiger partial charge in [0, 0.05) is 32.7 Å². The van der Waals surface area contributed by atoms with Gasteiger partial charge < -0.3 is 0 Å². The summed E-state index contributed by atoms with van der Waals surface area (Å²) in [6.45, 7) is 10.7. The van der Waals surface area contributed by atoms with Gasteiger partial charge in [-0.25, -0.2) is 17.1 Å². The fraction of sp³-hybridized carbons (Fsp3) is 0.625. The third-order valence-electron chi connectivity index (χ3n) is 1.50. The van der Waals surface area contributed by atoms with Crippen molar-refractivity contribution >= 4 is 0 Å². The molecule has 0 nitrogen and oxygen atoms in total. The van der Waals surface area contributed by atoms with E-state index in [-0.39, 0.29) is 32.7 Å². The monoisotopic (exact) mass is 200 g/mol. The van der Waals surface area contributed by atoms with Crippen molar-refractivity contribution in [1.82, 2.24) is 0 Å². The van der Waals surface area contributed by atoms with Crippen molar-refractivity contribution in [2.24, 2.45) is 0 Å². The van der Waals surface area contributed by atoms with E-state index in [9.17, 15) is 0 Å². The van der Waals surface area contributed by atoms with Gasteiger partial charge in [0.05, 0.1) is 0 Å². The van der Waals surface area contributed by atoms with Crippen molar-refractivity contribution in [2.45, 2.75) is 34.6 Å². The van der Waals surface area contributed by atoms with Gasteiger partial charge >= 0.3 is 0 Å². The third-order valence-corrected chi connectivity index (χ3v) is 1.50. The maximum Gasteiger partial charge on any atom is 0 e. The predicted molar refractivity (Wildman–Crippen MR) is 38.6 cm³/mol. The molecular formula is C8H15Y-. The van der Waals surface area contributed by atoms with E-state index in [1.807, 2.05) is 0 Å². The van der Waals surface area contributed by atoms with Gasteiger partial charge in [-0.3, -0.25) is 0 Å². The van der Waals surface area contributed by atoms with E-state index in [0.29, 0.717) is 0 Å². The van der Waals surface area contributed by atoms with Crippen LogP contribution in [0.25, 0.3) is 0 Å². The predicted octanol–water partition coefficient (Wildman–Crippen LogP) is 2.95. The van der Waals surface area contributed by atoms with E-state index in [0.717, 1.165) is 0 Å². The van der Waals surface area contributed by atoms with Crippen LogP contribution >= 0.6 is 0 Å². The summed E-state index contributed by atoms with van der Waals surface area (Å²) in [6, 6.07) is 0. The first kappa shape index (κ1) is 12.4. The second kappa shape index (κ2) is 5.50. The van der Waals surface area contributed by atoms with E-state index < -0.39 is 0 Å². The molecule has 1 radical (unpaired) electrons. The first-order valence-electron chi connectivity index (χ1n) is 3.00. The second-order valence-electron chi connectivity index (χ2n) is 2.62. The van der Waals surface area contributed by atoms with E-state index in [4.69, 9.17) is 0 Å². The average molecular weight is 200 g/mol. The third kappa shape index (κ3) is 5.17. The van der Waals surface area contributed by atoms with Gasteiger partial charge in [-0.2, -0.15) is 0 Å². The fourth-order valence-electron chi connectivity index (χ4n) is 0.500. The van der Waals surface area contributed by atoms with Crippen LogP contribution in [0.4, 0.5) is 0 Å². The van der Waals surface area contributed by atoms with Crippen LogP contribution in [0.15, 0.2) is 11.1 Å². The maximum atomic E-state index is 2.16. The number of hydrogen-bond acceptors (Lipinski definition) is 0. The quantitative estimate of drug-likeness (QED) is 0.571. The Morgan fingerprint density at radius 2 is 1.33 bits per heavy atom. The van der Waals surface area contributed by atoms with Crippen LogP contribution in [0.5, 0.6) is 0 Å². The molecule has 0 amide bonds. The molecule has 9 heavy (non-hydrogen) atoms. The summed E-state index contributed by atoms with van der Waals surface area (Å²) in [4.78, 5) is 0. The smallest absolute Gasteiger partial charge is 0 e. The van der Waals surface area contributed by atoms with Gasteiger partial charge in [0.2, 0.25) is 0 Å². The number of hydrogen-bond donors (Lipinski definition) is 0. The Bertz CT molecular complexity index is 97.1. The summed E-state index contributed by atoms with van der Waals surface area (Å²) >= 11 is 0. The molecule has 0 aromatic rings. The summed E-state index contributed by atoms with van der Waals surface area (Å²) in [5.41, 5.74) is 2.86. The fourth-order valence-corrected chi connectivity index (χ4v) is 0.500. The van der Waals surface area contributed by atoms with Gasteiger partial charge in [-0.15, -0.1) is 27.7 Å². The molecule has 0 atom stereocenters. The molecule has 51 valence electrons. The van der Waals surface area contributed by atoms with Crippen LogP contribution in [-0.4, -0.2) is 0 Å². The van der Waals surface area contributed by atoms with Gasteiger partial charge in [-0.1, -0.05) is 6.92 Å². The molecule has 1 heteroatoms. The summed E-state index contributed by atoms with van der Waals surface area (Å²) < 4.78 is 0. The molecule has 0 saturated carbocycles. The zero-order valence-corrected chi connectivity index (χ0v) is 9.92. The molecule has 0 fully saturated rings. The molecule has 0 aromatic heterocycles. The summed E-state index contributed by atoms with van der Waals surface area (Å²) in [6.07, 6.45) is 0. The van der Waals surface area contributed by atoms with Crippen molar-refractivity contribution in [3.8, 4) is 0 Å². The minimum absolute atomic E-state index is 0. The molecule has 0 spiro atoms. The molecular weight excluding hydrogens is 185 g/mol. The van der Waals surface area contributed by atoms with Gasteiger partial charge in [0.25, 0.3) is 0 Å². The Kier molecular flexibility index (Phi) is 7.57. The van der Waals surface area contributed by atoms with Crippen LogP contribution in [0.2, 0.25) is 0 Å². The molecule has 0 aromatic carbocycles. The Balaban J connectivity index is 0. The molecule has 0 aliphatic carbocycles. The maximum absolute atomic E-state index is 2.16. The molecule has 0 N–H and O–H groups in total. The topological polar surface area (TPSA) is 0 Å². The van der Waals surface area contributed by atoms with E-state index in [1.165, 1.54) is 17.1 Å². The molecule has 0 saturated heterocycles. The summed E-state index contributed by atoms with van der Waals surface area (Å²) in [7, 11) is 0. The summed E-state index contributed by atoms with van der Waals surface area (Å²) in [5, 5.41) is 0. The standard InChI is InChI=1S/C8H15.Y/c1-6(2)8(5)7(3)4;/h1-5H3;/q-1;. The normalized spacial score (nSPS) is 7.67. The minimum atomic E-state index is 0. The summed E-state index contributed by atoms with van der Waals surface area (Å²) in [5.74, 6) is 1.42. The van der Waals surface area contributed by atoms with Crippen molar-refractivity contribution in [1.29, 1.82) is 0 Å². The van der Waals surface area contributed by atoms with Gasteiger partial charge in [-0.05, 0) is 0 Å². The first-order chi connectivity index (χ1) is 3.55. The van der Waals surface area contributed by atoms with Crippen LogP contribution < -0.4 is 0 Å². The number of rotatable bonds is 1. The van der Waals surface area contributed by atoms with Crippen LogP contribution in [0.1, 0.15) is 34.6 Å². The molecule has 0 aliphatic heterocycles. The Hall–Kier alpha value is 0.714. The SMILES string of the molecule is CC(C)=C(C)[C-](C)C.[Y]. The largest absolute Gasteiger partial charge is 0.219 e. The zero-order chi connectivity index (χ0) is 6.73. The second-order valence-corrected chi connectivity index (χ2v) is 2.62. The number of allylic oxidation sites excluding steroid dienone is 2. The van der Waals surface area contributed by atoms with E-state index in [1.54, 1.807) is 0 Å². The Labute approximate surface area is 84.0 Å². The van der Waals surface area contributed by atoms with Crippen molar-refractivity contribution < 1.29 is 32.7 Å². The average Bonchev–Trinajstić information content (AvgIpc) is 1.64. The van der Waals surface area contributed by atoms with Crippen molar-refractivity contribution in [3.63, 3.8) is 0 Å². The molecule has 0 unspecified atom stereocenters. The molecule has 0 heterocycles. The van der Waals surface area contributed by atoms with Crippen LogP contribution in [0.3, 0.4) is 0 Å². The Morgan fingerprint density at radius 3 is 1.33 bits per heavy atom. The van der Waals surface area contributed by atoms with Crippen LogP contribution in [0, 0.1) is 5.92 Å². The van der Waals surface area contributed by atoms with Crippen molar-refractivity contribution in [2.75, 3.05) is 0 Å². The van der Waals surface area contributed by atoms with Gasteiger partial charge in [0.1, 0.15) is 0 Å². The molecule has 0 aliphatic rings. The zero-order valence-electron chi connectivity index (χ0n) is 7.08. The Morgan fingerprint density at radius 1 is 1.00 bits per heavy atom. The molecule has 0 bridgehead atoms. The van der Waals surface area contributed by atoms with Crippen LogP contribution in [-0.2, 0) is 32.7 Å². The van der Waals surface area contributed by atoms with Gasteiger partial charge in [0.15, 0.2) is 0 Å². The van der Waals surface area contributed by atoms with Crippen molar-refractivity contribution in [3.05, 3.63) is 17.1 Å².